The highest BCUT2D eigenvalue weighted by Crippen LogP contribution is 2.41. The molecule has 2 aliphatic rings. The number of amides is 1. The zero-order chi connectivity index (χ0) is 22.7. The normalized spacial score (nSPS) is 18.7. The van der Waals surface area contributed by atoms with Crippen LogP contribution in [0.25, 0.3) is 10.9 Å². The van der Waals surface area contributed by atoms with Crippen molar-refractivity contribution in [2.45, 2.75) is 25.9 Å². The van der Waals surface area contributed by atoms with Crippen molar-refractivity contribution in [2.24, 2.45) is 0 Å². The lowest BCUT2D eigenvalue weighted by Gasteiger charge is -2.38. The van der Waals surface area contributed by atoms with Crippen molar-refractivity contribution in [2.75, 3.05) is 58.5 Å². The van der Waals surface area contributed by atoms with Gasteiger partial charge in [0.1, 0.15) is 28.7 Å². The summed E-state index contributed by atoms with van der Waals surface area (Å²) in [6, 6.07) is 3.60. The molecule has 1 amide bonds. The number of carbonyl (C=O) groups is 2. The number of fused-ring (bicyclic) bond motifs is 1. The monoisotopic (exact) mass is 443 g/mol. The Bertz CT molecular complexity index is 997. The molecule has 9 nitrogen and oxygen atoms in total. The molecule has 1 aromatic carbocycles. The highest BCUT2D eigenvalue weighted by Gasteiger charge is 2.32. The molecule has 0 spiro atoms. The van der Waals surface area contributed by atoms with E-state index < -0.39 is 5.97 Å². The SMILES string of the molecule is CCOC(=O)c1cnc2c(OC)ccc(OC)c2c1N1CCN(C(=O)C2CCCO2)CC1. The third kappa shape index (κ3) is 4.04. The minimum absolute atomic E-state index is 0.0478. The van der Waals surface area contributed by atoms with Gasteiger partial charge >= 0.3 is 5.97 Å². The van der Waals surface area contributed by atoms with E-state index in [0.717, 1.165) is 12.8 Å². The Balaban J connectivity index is 1.72. The van der Waals surface area contributed by atoms with Gasteiger partial charge in [-0.3, -0.25) is 9.78 Å². The quantitative estimate of drug-likeness (QED) is 0.628. The number of esters is 1. The molecule has 172 valence electrons. The molecule has 3 heterocycles. The van der Waals surface area contributed by atoms with Gasteiger partial charge in [0.2, 0.25) is 0 Å². The van der Waals surface area contributed by atoms with Gasteiger partial charge in [-0.15, -0.1) is 0 Å². The van der Waals surface area contributed by atoms with Crippen molar-refractivity contribution in [1.29, 1.82) is 0 Å². The van der Waals surface area contributed by atoms with Gasteiger partial charge in [0.15, 0.2) is 0 Å². The maximum atomic E-state index is 12.8. The van der Waals surface area contributed by atoms with Crippen LogP contribution in [0.1, 0.15) is 30.1 Å². The predicted molar refractivity (Wildman–Crippen MR) is 119 cm³/mol. The lowest BCUT2D eigenvalue weighted by atomic mass is 10.0. The molecule has 1 unspecified atom stereocenters. The van der Waals surface area contributed by atoms with Gasteiger partial charge in [0.25, 0.3) is 5.91 Å². The standard InChI is InChI=1S/C23H29N3O6/c1-4-31-23(28)15-14-24-20-17(30-3)8-7-16(29-2)19(20)21(15)25-9-11-26(12-10-25)22(27)18-6-5-13-32-18/h7-8,14,18H,4-6,9-13H2,1-3H3. The number of nitrogens with zero attached hydrogens (tertiary/aromatic N) is 3. The van der Waals surface area contributed by atoms with E-state index in [1.165, 1.54) is 6.20 Å². The van der Waals surface area contributed by atoms with E-state index in [-0.39, 0.29) is 18.6 Å². The van der Waals surface area contributed by atoms with Crippen LogP contribution in [-0.4, -0.2) is 81.5 Å². The number of anilines is 1. The van der Waals surface area contributed by atoms with E-state index in [9.17, 15) is 9.59 Å². The molecule has 0 aliphatic carbocycles. The van der Waals surface area contributed by atoms with Crippen LogP contribution in [0, 0.1) is 0 Å². The number of benzene rings is 1. The maximum absolute atomic E-state index is 12.8. The van der Waals surface area contributed by atoms with Gasteiger partial charge in [-0.05, 0) is 31.9 Å². The molecule has 1 atom stereocenters. The van der Waals surface area contributed by atoms with Gasteiger partial charge < -0.3 is 28.7 Å². The van der Waals surface area contributed by atoms with Crippen molar-refractivity contribution in [3.05, 3.63) is 23.9 Å². The molecule has 0 radical (unpaired) electrons. The lowest BCUT2D eigenvalue weighted by molar-refractivity contribution is -0.141. The summed E-state index contributed by atoms with van der Waals surface area (Å²) in [6.45, 7) is 4.87. The second kappa shape index (κ2) is 9.60. The molecule has 9 heteroatoms. The van der Waals surface area contributed by atoms with E-state index in [2.05, 4.69) is 9.88 Å². The summed E-state index contributed by atoms with van der Waals surface area (Å²) in [7, 11) is 3.16. The largest absolute Gasteiger partial charge is 0.496 e. The topological polar surface area (TPSA) is 90.4 Å². The Labute approximate surface area is 187 Å². The molecule has 4 rings (SSSR count). The fraction of sp³-hybridized carbons (Fsp3) is 0.522. The van der Waals surface area contributed by atoms with E-state index in [1.807, 2.05) is 4.90 Å². The van der Waals surface area contributed by atoms with E-state index >= 15 is 0 Å². The number of carbonyl (C=O) groups excluding carboxylic acids is 2. The van der Waals surface area contributed by atoms with Gasteiger partial charge in [0, 0.05) is 39.0 Å². The average Bonchev–Trinajstić information content (AvgIpc) is 3.37. The molecular weight excluding hydrogens is 414 g/mol. The van der Waals surface area contributed by atoms with Gasteiger partial charge in [-0.25, -0.2) is 4.79 Å². The van der Waals surface area contributed by atoms with Crippen LogP contribution in [0.3, 0.4) is 0 Å². The smallest absolute Gasteiger partial charge is 0.341 e. The number of aromatic nitrogens is 1. The van der Waals surface area contributed by atoms with Gasteiger partial charge in [-0.1, -0.05) is 0 Å². The molecule has 32 heavy (non-hydrogen) atoms. The summed E-state index contributed by atoms with van der Waals surface area (Å²) < 4.78 is 22.0. The van der Waals surface area contributed by atoms with E-state index in [0.29, 0.717) is 66.4 Å². The molecule has 2 aliphatic heterocycles. The fourth-order valence-corrected chi connectivity index (χ4v) is 4.38. The van der Waals surface area contributed by atoms with Crippen LogP contribution in [0.5, 0.6) is 11.5 Å². The number of pyridine rings is 1. The molecule has 2 saturated heterocycles. The Morgan fingerprint density at radius 2 is 1.84 bits per heavy atom. The van der Waals surface area contributed by atoms with Crippen molar-refractivity contribution < 1.29 is 28.5 Å². The number of hydrogen-bond donors (Lipinski definition) is 0. The van der Waals surface area contributed by atoms with Crippen LogP contribution in [0.4, 0.5) is 5.69 Å². The first-order chi connectivity index (χ1) is 15.6. The zero-order valence-corrected chi connectivity index (χ0v) is 18.8. The molecule has 1 aromatic heterocycles. The first-order valence-electron chi connectivity index (χ1n) is 10.9. The first kappa shape index (κ1) is 22.1. The average molecular weight is 444 g/mol. The predicted octanol–water partition coefficient (Wildman–Crippen LogP) is 2.26. The van der Waals surface area contributed by atoms with E-state index in [4.69, 9.17) is 18.9 Å². The zero-order valence-electron chi connectivity index (χ0n) is 18.8. The maximum Gasteiger partial charge on any atom is 0.341 e. The Morgan fingerprint density at radius 1 is 1.12 bits per heavy atom. The van der Waals surface area contributed by atoms with Crippen LogP contribution >= 0.6 is 0 Å². The second-order valence-electron chi connectivity index (χ2n) is 7.75. The molecule has 0 saturated carbocycles. The van der Waals surface area contributed by atoms with Crippen LogP contribution < -0.4 is 14.4 Å². The van der Waals surface area contributed by atoms with Crippen molar-refractivity contribution >= 4 is 28.5 Å². The number of rotatable bonds is 6. The third-order valence-electron chi connectivity index (χ3n) is 5.97. The van der Waals surface area contributed by atoms with Crippen molar-refractivity contribution in [1.82, 2.24) is 9.88 Å². The minimum Gasteiger partial charge on any atom is -0.496 e. The summed E-state index contributed by atoms with van der Waals surface area (Å²) in [5.41, 5.74) is 1.66. The molecule has 0 N–H and O–H groups in total. The number of methoxy groups -OCH3 is 2. The van der Waals surface area contributed by atoms with Gasteiger partial charge in [-0.2, -0.15) is 0 Å². The van der Waals surface area contributed by atoms with Crippen LogP contribution in [0.2, 0.25) is 0 Å². The van der Waals surface area contributed by atoms with Crippen molar-refractivity contribution in [3.8, 4) is 11.5 Å². The highest BCUT2D eigenvalue weighted by atomic mass is 16.5. The highest BCUT2D eigenvalue weighted by molar-refractivity contribution is 6.09. The molecule has 0 bridgehead atoms. The molecule has 2 fully saturated rings. The fourth-order valence-electron chi connectivity index (χ4n) is 4.38. The van der Waals surface area contributed by atoms with Gasteiger partial charge in [0.05, 0.1) is 31.9 Å². The third-order valence-corrected chi connectivity index (χ3v) is 5.97. The summed E-state index contributed by atoms with van der Waals surface area (Å²) >= 11 is 0. The lowest BCUT2D eigenvalue weighted by Crippen LogP contribution is -2.51. The summed E-state index contributed by atoms with van der Waals surface area (Å²) in [6.07, 6.45) is 2.89. The minimum atomic E-state index is -0.445. The Kier molecular flexibility index (Phi) is 6.64. The van der Waals surface area contributed by atoms with Crippen molar-refractivity contribution in [3.63, 3.8) is 0 Å². The Morgan fingerprint density at radius 3 is 2.47 bits per heavy atom. The second-order valence-corrected chi connectivity index (χ2v) is 7.75. The number of ether oxygens (including phenoxy) is 4. The van der Waals surface area contributed by atoms with Crippen LogP contribution in [0.15, 0.2) is 18.3 Å². The Hall–Kier alpha value is -3.07. The number of hydrogen-bond acceptors (Lipinski definition) is 8. The summed E-state index contributed by atoms with van der Waals surface area (Å²) in [5.74, 6) is 0.781. The molecule has 2 aromatic rings. The summed E-state index contributed by atoms with van der Waals surface area (Å²) in [4.78, 5) is 34.0. The molecular formula is C23H29N3O6. The first-order valence-corrected chi connectivity index (χ1v) is 10.9. The number of piperazine rings is 1. The summed E-state index contributed by atoms with van der Waals surface area (Å²) in [5, 5.41) is 0.691. The van der Waals surface area contributed by atoms with Crippen LogP contribution in [-0.2, 0) is 14.3 Å². The van der Waals surface area contributed by atoms with E-state index in [1.54, 1.807) is 33.3 Å².